The van der Waals surface area contributed by atoms with E-state index in [4.69, 9.17) is 28.1 Å². The van der Waals surface area contributed by atoms with Gasteiger partial charge in [0.15, 0.2) is 16.5 Å². The van der Waals surface area contributed by atoms with Gasteiger partial charge >= 0.3 is 10.1 Å². The molecule has 5 rings (SSSR count). The van der Waals surface area contributed by atoms with E-state index in [2.05, 4.69) is 4.98 Å². The molecule has 0 spiro atoms. The molecule has 0 unspecified atom stereocenters. The lowest BCUT2D eigenvalue weighted by Crippen LogP contribution is -2.13. The Labute approximate surface area is 234 Å². The van der Waals surface area contributed by atoms with Crippen LogP contribution in [0.2, 0.25) is 0 Å². The molecule has 3 aromatic carbocycles. The summed E-state index contributed by atoms with van der Waals surface area (Å²) in [5.74, 6) is 1.23. The monoisotopic (exact) mass is 579 g/mol. The van der Waals surface area contributed by atoms with Crippen molar-refractivity contribution in [3.05, 3.63) is 64.8 Å². The summed E-state index contributed by atoms with van der Waals surface area (Å²) in [6.07, 6.45) is 0. The molecule has 41 heavy (non-hydrogen) atoms. The van der Waals surface area contributed by atoms with E-state index in [0.29, 0.717) is 16.7 Å². The first kappa shape index (κ1) is 27.7. The second-order valence-electron chi connectivity index (χ2n) is 8.76. The van der Waals surface area contributed by atoms with Gasteiger partial charge in [-0.25, -0.2) is 4.98 Å². The van der Waals surface area contributed by atoms with Gasteiger partial charge in [-0.05, 0) is 24.3 Å². The van der Waals surface area contributed by atoms with Gasteiger partial charge in [0.25, 0.3) is 0 Å². The van der Waals surface area contributed by atoms with Crippen molar-refractivity contribution >= 4 is 32.0 Å². The Hall–Kier alpha value is -4.81. The van der Waals surface area contributed by atoms with E-state index in [1.54, 1.807) is 36.4 Å². The van der Waals surface area contributed by atoms with E-state index < -0.39 is 20.6 Å². The molecular formula is C29H25NO10S. The first-order chi connectivity index (χ1) is 19.6. The van der Waals surface area contributed by atoms with Gasteiger partial charge in [-0.3, -0.25) is 9.35 Å². The molecule has 1 N–H and O–H groups in total. The summed E-state index contributed by atoms with van der Waals surface area (Å²) in [5.41, 5.74) is -0.336. The van der Waals surface area contributed by atoms with Gasteiger partial charge in [-0.1, -0.05) is 18.2 Å². The van der Waals surface area contributed by atoms with Gasteiger partial charge in [0.1, 0.15) is 28.2 Å². The standard InChI is InChI=1S/C29H25NO10S/c1-35-17-13-20(36-2)25-21(14-17)40-27(16-11-22(37-3)28(39-5)23(12-16)38-4)24(26(25)31)18-10-15-8-6-7-9-19(15)30-29(18)41(32,33)34/h6-14H,1-5H3,(H,32,33,34). The summed E-state index contributed by atoms with van der Waals surface area (Å²) >= 11 is 0. The summed E-state index contributed by atoms with van der Waals surface area (Å²) in [7, 11) is 2.21. The minimum Gasteiger partial charge on any atom is -0.496 e. The van der Waals surface area contributed by atoms with Crippen LogP contribution in [-0.4, -0.2) is 53.5 Å². The van der Waals surface area contributed by atoms with Gasteiger partial charge in [-0.15, -0.1) is 0 Å². The molecule has 0 saturated heterocycles. The summed E-state index contributed by atoms with van der Waals surface area (Å²) in [6, 6.07) is 14.3. The molecular weight excluding hydrogens is 554 g/mol. The van der Waals surface area contributed by atoms with Crippen LogP contribution in [0.3, 0.4) is 0 Å². The van der Waals surface area contributed by atoms with Crippen LogP contribution < -0.4 is 29.1 Å². The topological polar surface area (TPSA) is 144 Å². The lowest BCUT2D eigenvalue weighted by molar-refractivity contribution is 0.324. The Morgan fingerprint density at radius 3 is 2.05 bits per heavy atom. The molecule has 0 saturated carbocycles. The summed E-state index contributed by atoms with van der Waals surface area (Å²) in [4.78, 5) is 18.6. The second-order valence-corrected chi connectivity index (χ2v) is 10.1. The fourth-order valence-corrected chi connectivity index (χ4v) is 5.32. The minimum atomic E-state index is -4.92. The molecule has 0 aliphatic carbocycles. The predicted octanol–water partition coefficient (Wildman–Crippen LogP) is 4.96. The van der Waals surface area contributed by atoms with Crippen molar-refractivity contribution in [3.63, 3.8) is 0 Å². The number of para-hydroxylation sites is 1. The third-order valence-corrected chi connectivity index (χ3v) is 7.32. The van der Waals surface area contributed by atoms with Crippen molar-refractivity contribution in [2.45, 2.75) is 5.03 Å². The largest absolute Gasteiger partial charge is 0.496 e. The molecule has 0 radical (unpaired) electrons. The number of fused-ring (bicyclic) bond motifs is 2. The Morgan fingerprint density at radius 1 is 0.805 bits per heavy atom. The number of rotatable bonds is 8. The van der Waals surface area contributed by atoms with Crippen molar-refractivity contribution in [1.29, 1.82) is 0 Å². The lowest BCUT2D eigenvalue weighted by atomic mass is 9.97. The highest BCUT2D eigenvalue weighted by Crippen LogP contribution is 2.45. The van der Waals surface area contributed by atoms with Crippen molar-refractivity contribution in [2.24, 2.45) is 0 Å². The molecule has 2 aromatic heterocycles. The molecule has 0 fully saturated rings. The molecule has 0 aliphatic heterocycles. The van der Waals surface area contributed by atoms with Crippen LogP contribution in [0, 0.1) is 0 Å². The number of benzene rings is 3. The highest BCUT2D eigenvalue weighted by molar-refractivity contribution is 7.85. The molecule has 11 nitrogen and oxygen atoms in total. The Bertz CT molecular complexity index is 1960. The van der Waals surface area contributed by atoms with Crippen LogP contribution in [0.15, 0.2) is 68.8 Å². The molecule has 0 amide bonds. The first-order valence-electron chi connectivity index (χ1n) is 12.1. The highest BCUT2D eigenvalue weighted by Gasteiger charge is 2.29. The average molecular weight is 580 g/mol. The summed E-state index contributed by atoms with van der Waals surface area (Å²) in [5, 5.41) is -0.176. The number of pyridine rings is 1. The second kappa shape index (κ2) is 10.6. The SMILES string of the molecule is COc1cc(OC)c2c(=O)c(-c3cc4ccccc4nc3S(=O)(=O)O)c(-c3cc(OC)c(OC)c(OC)c3)oc2c1. The molecule has 5 aromatic rings. The van der Waals surface area contributed by atoms with Crippen molar-refractivity contribution < 1.29 is 41.1 Å². The van der Waals surface area contributed by atoms with Crippen molar-refractivity contribution in [2.75, 3.05) is 35.5 Å². The maximum Gasteiger partial charge on any atom is 0.312 e. The number of nitrogens with zero attached hydrogens (tertiary/aromatic N) is 1. The van der Waals surface area contributed by atoms with Crippen molar-refractivity contribution in [3.8, 4) is 51.2 Å². The van der Waals surface area contributed by atoms with E-state index in [1.165, 1.54) is 53.7 Å². The zero-order valence-electron chi connectivity index (χ0n) is 22.7. The van der Waals surface area contributed by atoms with E-state index in [-0.39, 0.29) is 56.4 Å². The molecule has 0 atom stereocenters. The Morgan fingerprint density at radius 2 is 1.46 bits per heavy atom. The normalized spacial score (nSPS) is 11.5. The minimum absolute atomic E-state index is 0.0222. The average Bonchev–Trinajstić information content (AvgIpc) is 2.98. The zero-order chi connectivity index (χ0) is 29.5. The number of aromatic nitrogens is 1. The molecule has 2 heterocycles. The van der Waals surface area contributed by atoms with Crippen LogP contribution in [0.25, 0.3) is 44.3 Å². The third-order valence-electron chi connectivity index (χ3n) is 6.52. The highest BCUT2D eigenvalue weighted by atomic mass is 32.2. The van der Waals surface area contributed by atoms with Gasteiger partial charge in [0, 0.05) is 28.6 Å². The summed E-state index contributed by atoms with van der Waals surface area (Å²) in [6.45, 7) is 0. The number of methoxy groups -OCH3 is 5. The molecule has 0 bridgehead atoms. The molecule has 212 valence electrons. The van der Waals surface area contributed by atoms with Crippen LogP contribution in [0.4, 0.5) is 0 Å². The van der Waals surface area contributed by atoms with E-state index in [1.807, 2.05) is 0 Å². The smallest absolute Gasteiger partial charge is 0.312 e. The van der Waals surface area contributed by atoms with Gasteiger partial charge < -0.3 is 28.1 Å². The van der Waals surface area contributed by atoms with E-state index in [9.17, 15) is 17.8 Å². The van der Waals surface area contributed by atoms with Gasteiger partial charge in [-0.2, -0.15) is 8.42 Å². The van der Waals surface area contributed by atoms with Gasteiger partial charge in [0.2, 0.25) is 11.2 Å². The Kier molecular flexibility index (Phi) is 7.20. The summed E-state index contributed by atoms with van der Waals surface area (Å²) < 4.78 is 69.1. The van der Waals surface area contributed by atoms with Crippen LogP contribution in [0.1, 0.15) is 0 Å². The van der Waals surface area contributed by atoms with E-state index in [0.717, 1.165) is 0 Å². The first-order valence-corrected chi connectivity index (χ1v) is 13.5. The number of ether oxygens (including phenoxy) is 5. The van der Waals surface area contributed by atoms with Crippen molar-refractivity contribution in [1.82, 2.24) is 4.98 Å². The van der Waals surface area contributed by atoms with Crippen LogP contribution in [0.5, 0.6) is 28.7 Å². The Balaban J connectivity index is 2.02. The fraction of sp³-hybridized carbons (Fsp3) is 0.172. The predicted molar refractivity (Wildman–Crippen MR) is 151 cm³/mol. The lowest BCUT2D eigenvalue weighted by Gasteiger charge is -2.17. The quantitative estimate of drug-likeness (QED) is 0.249. The van der Waals surface area contributed by atoms with Gasteiger partial charge in [0.05, 0.1) is 46.6 Å². The van der Waals surface area contributed by atoms with E-state index >= 15 is 0 Å². The number of hydrogen-bond acceptors (Lipinski definition) is 10. The third kappa shape index (κ3) is 4.77. The van der Waals surface area contributed by atoms with Crippen LogP contribution in [-0.2, 0) is 10.1 Å². The zero-order valence-corrected chi connectivity index (χ0v) is 23.5. The maximum atomic E-state index is 14.4. The number of hydrogen-bond donors (Lipinski definition) is 1. The molecule has 0 aliphatic rings. The molecule has 12 heteroatoms. The fourth-order valence-electron chi connectivity index (χ4n) is 4.67. The maximum absolute atomic E-state index is 14.4. The van der Waals surface area contributed by atoms with Crippen LogP contribution >= 0.6 is 0 Å².